The van der Waals surface area contributed by atoms with Crippen LogP contribution in [0.5, 0.6) is 0 Å². The Morgan fingerprint density at radius 1 is 1.12 bits per heavy atom. The van der Waals surface area contributed by atoms with Crippen molar-refractivity contribution in [3.05, 3.63) is 34.9 Å². The van der Waals surface area contributed by atoms with Gasteiger partial charge in [-0.1, -0.05) is 32.9 Å². The van der Waals surface area contributed by atoms with Gasteiger partial charge < -0.3 is 5.32 Å². The number of halogens is 2. The van der Waals surface area contributed by atoms with E-state index in [0.29, 0.717) is 23.6 Å². The third-order valence-electron chi connectivity index (χ3n) is 2.80. The van der Waals surface area contributed by atoms with Gasteiger partial charge in [-0.2, -0.15) is 0 Å². The molecule has 1 rings (SSSR count). The summed E-state index contributed by atoms with van der Waals surface area (Å²) in [6.45, 7) is 8.56. The summed E-state index contributed by atoms with van der Waals surface area (Å²) in [5, 5.41) is 3.29. The molecule has 17 heavy (non-hydrogen) atoms. The molecule has 96 valence electrons. The second-order valence-electron chi connectivity index (χ2n) is 5.04. The zero-order chi connectivity index (χ0) is 13.0. The van der Waals surface area contributed by atoms with Crippen molar-refractivity contribution < 1.29 is 8.78 Å². The maximum absolute atomic E-state index is 13.6. The molecule has 1 aromatic carbocycles. The normalized spacial score (nSPS) is 13.1. The smallest absolute Gasteiger partial charge is 0.162 e. The standard InChI is InChI=1S/C14H21F2N/c1-9(2)17-8-10(3)7-12-6-5-11(4)13(15)14(12)16/h5-6,9-10,17H,7-8H2,1-4H3. The highest BCUT2D eigenvalue weighted by molar-refractivity contribution is 5.25. The second kappa shape index (κ2) is 6.10. The zero-order valence-electron chi connectivity index (χ0n) is 11.0. The molecule has 0 saturated carbocycles. The summed E-state index contributed by atoms with van der Waals surface area (Å²) in [5.41, 5.74) is 0.824. The van der Waals surface area contributed by atoms with Crippen LogP contribution >= 0.6 is 0 Å². The summed E-state index contributed by atoms with van der Waals surface area (Å²) in [5.74, 6) is -1.12. The van der Waals surface area contributed by atoms with Crippen molar-refractivity contribution in [1.82, 2.24) is 5.32 Å². The minimum atomic E-state index is -0.716. The molecule has 0 aliphatic heterocycles. The van der Waals surface area contributed by atoms with E-state index in [4.69, 9.17) is 0 Å². The Balaban J connectivity index is 2.65. The number of hydrogen-bond donors (Lipinski definition) is 1. The van der Waals surface area contributed by atoms with Crippen molar-refractivity contribution in [2.24, 2.45) is 5.92 Å². The van der Waals surface area contributed by atoms with Gasteiger partial charge in [-0.25, -0.2) is 8.78 Å². The predicted molar refractivity (Wildman–Crippen MR) is 67.1 cm³/mol. The van der Waals surface area contributed by atoms with Gasteiger partial charge in [-0.3, -0.25) is 0 Å². The van der Waals surface area contributed by atoms with Gasteiger partial charge in [0.05, 0.1) is 0 Å². The fourth-order valence-electron chi connectivity index (χ4n) is 1.73. The van der Waals surface area contributed by atoms with Crippen LogP contribution in [0.1, 0.15) is 31.9 Å². The third-order valence-corrected chi connectivity index (χ3v) is 2.80. The Labute approximate surface area is 102 Å². The van der Waals surface area contributed by atoms with Crippen molar-refractivity contribution >= 4 is 0 Å². The molecule has 0 bridgehead atoms. The van der Waals surface area contributed by atoms with Gasteiger partial charge in [0.1, 0.15) is 0 Å². The summed E-state index contributed by atoms with van der Waals surface area (Å²) < 4.78 is 27.0. The Kier molecular flexibility index (Phi) is 5.06. The molecule has 0 saturated heterocycles. The lowest BCUT2D eigenvalue weighted by molar-refractivity contribution is 0.452. The molecular formula is C14H21F2N. The molecule has 0 radical (unpaired) electrons. The summed E-state index contributed by atoms with van der Waals surface area (Å²) in [7, 11) is 0. The average Bonchev–Trinajstić information content (AvgIpc) is 2.27. The molecule has 1 atom stereocenters. The maximum atomic E-state index is 13.6. The van der Waals surface area contributed by atoms with Crippen LogP contribution in [-0.2, 0) is 6.42 Å². The van der Waals surface area contributed by atoms with Crippen molar-refractivity contribution in [1.29, 1.82) is 0 Å². The first-order chi connectivity index (χ1) is 7.91. The van der Waals surface area contributed by atoms with Gasteiger partial charge >= 0.3 is 0 Å². The molecule has 0 aromatic heterocycles. The van der Waals surface area contributed by atoms with E-state index in [-0.39, 0.29) is 5.92 Å². The second-order valence-corrected chi connectivity index (χ2v) is 5.04. The van der Waals surface area contributed by atoms with Crippen LogP contribution in [0.2, 0.25) is 0 Å². The first-order valence-corrected chi connectivity index (χ1v) is 6.08. The molecule has 0 fully saturated rings. The van der Waals surface area contributed by atoms with Crippen molar-refractivity contribution in [2.75, 3.05) is 6.54 Å². The molecule has 3 heteroatoms. The van der Waals surface area contributed by atoms with Crippen molar-refractivity contribution in [2.45, 2.75) is 40.2 Å². The SMILES string of the molecule is Cc1ccc(CC(C)CNC(C)C)c(F)c1F. The predicted octanol–water partition coefficient (Wildman–Crippen LogP) is 3.45. The van der Waals surface area contributed by atoms with E-state index in [1.54, 1.807) is 19.1 Å². The van der Waals surface area contributed by atoms with E-state index in [9.17, 15) is 8.78 Å². The molecule has 0 aliphatic carbocycles. The van der Waals surface area contributed by atoms with Gasteiger partial charge in [0.25, 0.3) is 0 Å². The molecule has 0 amide bonds. The van der Waals surface area contributed by atoms with Crippen LogP contribution < -0.4 is 5.32 Å². The quantitative estimate of drug-likeness (QED) is 0.832. The summed E-state index contributed by atoms with van der Waals surface area (Å²) in [6, 6.07) is 3.73. The average molecular weight is 241 g/mol. The highest BCUT2D eigenvalue weighted by Crippen LogP contribution is 2.18. The molecule has 0 spiro atoms. The Morgan fingerprint density at radius 3 is 2.35 bits per heavy atom. The largest absolute Gasteiger partial charge is 0.314 e. The van der Waals surface area contributed by atoms with Crippen LogP contribution in [0.3, 0.4) is 0 Å². The van der Waals surface area contributed by atoms with E-state index in [2.05, 4.69) is 19.2 Å². The van der Waals surface area contributed by atoms with E-state index < -0.39 is 11.6 Å². The number of hydrogen-bond acceptors (Lipinski definition) is 1. The van der Waals surface area contributed by atoms with Gasteiger partial charge in [0, 0.05) is 6.04 Å². The Bertz CT molecular complexity index is 375. The summed E-state index contributed by atoms with van der Waals surface area (Å²) in [4.78, 5) is 0. The van der Waals surface area contributed by atoms with Gasteiger partial charge in [0.15, 0.2) is 11.6 Å². The van der Waals surface area contributed by atoms with Crippen molar-refractivity contribution in [3.8, 4) is 0 Å². The highest BCUT2D eigenvalue weighted by Gasteiger charge is 2.13. The first-order valence-electron chi connectivity index (χ1n) is 6.08. The minimum Gasteiger partial charge on any atom is -0.314 e. The first kappa shape index (κ1) is 14.1. The molecule has 0 aliphatic rings. The van der Waals surface area contributed by atoms with Crippen LogP contribution in [0.25, 0.3) is 0 Å². The van der Waals surface area contributed by atoms with Crippen LogP contribution in [0.4, 0.5) is 8.78 Å². The van der Waals surface area contributed by atoms with E-state index >= 15 is 0 Å². The van der Waals surface area contributed by atoms with E-state index in [1.807, 2.05) is 6.92 Å². The van der Waals surface area contributed by atoms with Gasteiger partial charge in [-0.05, 0) is 36.9 Å². The lowest BCUT2D eigenvalue weighted by atomic mass is 9.99. The molecule has 1 unspecified atom stereocenters. The van der Waals surface area contributed by atoms with E-state index in [1.165, 1.54) is 0 Å². The van der Waals surface area contributed by atoms with Crippen LogP contribution in [0.15, 0.2) is 12.1 Å². The Morgan fingerprint density at radius 2 is 1.76 bits per heavy atom. The molecule has 1 aromatic rings. The topological polar surface area (TPSA) is 12.0 Å². The van der Waals surface area contributed by atoms with Crippen LogP contribution in [-0.4, -0.2) is 12.6 Å². The number of rotatable bonds is 5. The Hall–Kier alpha value is -0.960. The van der Waals surface area contributed by atoms with E-state index in [0.717, 1.165) is 6.54 Å². The lowest BCUT2D eigenvalue weighted by Gasteiger charge is -2.15. The summed E-state index contributed by atoms with van der Waals surface area (Å²) >= 11 is 0. The molecular weight excluding hydrogens is 220 g/mol. The fourth-order valence-corrected chi connectivity index (χ4v) is 1.73. The van der Waals surface area contributed by atoms with Crippen molar-refractivity contribution in [3.63, 3.8) is 0 Å². The molecule has 1 N–H and O–H groups in total. The highest BCUT2D eigenvalue weighted by atomic mass is 19.2. The monoisotopic (exact) mass is 241 g/mol. The number of nitrogens with one attached hydrogen (secondary N) is 1. The van der Waals surface area contributed by atoms with Crippen LogP contribution in [0, 0.1) is 24.5 Å². The lowest BCUT2D eigenvalue weighted by Crippen LogP contribution is -2.28. The maximum Gasteiger partial charge on any atom is 0.162 e. The zero-order valence-corrected chi connectivity index (χ0v) is 11.0. The number of aryl methyl sites for hydroxylation is 1. The summed E-state index contributed by atoms with van der Waals surface area (Å²) in [6.07, 6.45) is 0.558. The number of benzene rings is 1. The minimum absolute atomic E-state index is 0.286. The molecule has 1 nitrogen and oxygen atoms in total. The third kappa shape index (κ3) is 4.08. The van der Waals surface area contributed by atoms with Gasteiger partial charge in [0.2, 0.25) is 0 Å². The molecule has 0 heterocycles. The fraction of sp³-hybridized carbons (Fsp3) is 0.571. The van der Waals surface area contributed by atoms with Gasteiger partial charge in [-0.15, -0.1) is 0 Å².